The van der Waals surface area contributed by atoms with E-state index in [2.05, 4.69) is 16.9 Å². The van der Waals surface area contributed by atoms with E-state index >= 15 is 0 Å². The summed E-state index contributed by atoms with van der Waals surface area (Å²) in [6.07, 6.45) is 1.81. The van der Waals surface area contributed by atoms with Gasteiger partial charge >= 0.3 is 0 Å². The number of hydrogen-bond donors (Lipinski definition) is 1. The predicted molar refractivity (Wildman–Crippen MR) is 137 cm³/mol. The third kappa shape index (κ3) is 6.24. The van der Waals surface area contributed by atoms with E-state index in [9.17, 15) is 14.4 Å². The van der Waals surface area contributed by atoms with Crippen LogP contribution < -0.4 is 5.32 Å². The molecule has 4 aromatic rings. The van der Waals surface area contributed by atoms with Gasteiger partial charge in [-0.15, -0.1) is 0 Å². The van der Waals surface area contributed by atoms with Gasteiger partial charge in [0, 0.05) is 29.7 Å². The summed E-state index contributed by atoms with van der Waals surface area (Å²) >= 11 is 0. The number of allylic oxidation sites excluding steroid dienone is 1. The minimum Gasteiger partial charge on any atom is -0.321 e. The number of ketones is 2. The van der Waals surface area contributed by atoms with Crippen molar-refractivity contribution in [1.82, 2.24) is 4.98 Å². The highest BCUT2D eigenvalue weighted by atomic mass is 16.2. The fraction of sp³-hybridized carbons (Fsp3) is 0.0667. The molecule has 5 heteroatoms. The monoisotopic (exact) mass is 460 g/mol. The van der Waals surface area contributed by atoms with Crippen molar-refractivity contribution in [3.05, 3.63) is 132 Å². The molecular weight excluding hydrogens is 436 g/mol. The van der Waals surface area contributed by atoms with Crippen molar-refractivity contribution in [2.45, 2.75) is 12.8 Å². The Morgan fingerprint density at radius 2 is 1.40 bits per heavy atom. The van der Waals surface area contributed by atoms with Gasteiger partial charge in [0.1, 0.15) is 5.69 Å². The van der Waals surface area contributed by atoms with E-state index in [1.165, 1.54) is 6.08 Å². The Hall–Kier alpha value is -4.64. The van der Waals surface area contributed by atoms with Crippen molar-refractivity contribution in [1.29, 1.82) is 0 Å². The number of aromatic nitrogens is 1. The number of nitrogens with one attached hydrogen (secondary N) is 1. The maximum Gasteiger partial charge on any atom is 0.274 e. The molecule has 0 saturated heterocycles. The van der Waals surface area contributed by atoms with Crippen molar-refractivity contribution in [2.24, 2.45) is 0 Å². The molecule has 1 N–H and O–H groups in total. The molecule has 0 aliphatic carbocycles. The summed E-state index contributed by atoms with van der Waals surface area (Å²) in [5.74, 6) is -0.386. The summed E-state index contributed by atoms with van der Waals surface area (Å²) < 4.78 is 0. The van der Waals surface area contributed by atoms with Crippen LogP contribution in [0.2, 0.25) is 0 Å². The van der Waals surface area contributed by atoms with Crippen LogP contribution in [0, 0.1) is 0 Å². The van der Waals surface area contributed by atoms with Gasteiger partial charge in [0.05, 0.1) is 5.69 Å². The zero-order valence-corrected chi connectivity index (χ0v) is 19.1. The molecule has 5 nitrogen and oxygen atoms in total. The van der Waals surface area contributed by atoms with Crippen molar-refractivity contribution in [2.75, 3.05) is 5.32 Å². The molecule has 3 aromatic carbocycles. The normalized spacial score (nSPS) is 10.4. The second kappa shape index (κ2) is 11.0. The second-order valence-electron chi connectivity index (χ2n) is 8.07. The zero-order valence-electron chi connectivity index (χ0n) is 19.1. The van der Waals surface area contributed by atoms with Gasteiger partial charge in [0.2, 0.25) is 0 Å². The lowest BCUT2D eigenvalue weighted by molar-refractivity contribution is -0.114. The van der Waals surface area contributed by atoms with Gasteiger partial charge in [-0.05, 0) is 41.5 Å². The van der Waals surface area contributed by atoms with E-state index in [1.807, 2.05) is 54.6 Å². The average Bonchev–Trinajstić information content (AvgIpc) is 2.90. The number of carbonyl (C=O) groups is 3. The standard InChI is InChI=1S/C30H24N2O3/c1-2-26(33)19-21-11-15-24(16-12-21)29(34)20-22-13-17-25(18-14-22)31-30(35)28-10-6-9-27(32-28)23-7-4-3-5-8-23/h2-18H,1,19-20H2,(H,31,35). The number of hydrogen-bond acceptors (Lipinski definition) is 4. The summed E-state index contributed by atoms with van der Waals surface area (Å²) in [6, 6.07) is 29.2. The lowest BCUT2D eigenvalue weighted by Gasteiger charge is -2.08. The van der Waals surface area contributed by atoms with Gasteiger partial charge in [-0.2, -0.15) is 0 Å². The van der Waals surface area contributed by atoms with Gasteiger partial charge in [-0.25, -0.2) is 4.98 Å². The molecule has 0 unspecified atom stereocenters. The molecule has 1 aromatic heterocycles. The lowest BCUT2D eigenvalue weighted by atomic mass is 10.0. The average molecular weight is 461 g/mol. The smallest absolute Gasteiger partial charge is 0.274 e. The molecule has 1 heterocycles. The topological polar surface area (TPSA) is 76.1 Å². The molecular formula is C30H24N2O3. The molecule has 0 aliphatic heterocycles. The van der Waals surface area contributed by atoms with Gasteiger partial charge < -0.3 is 5.32 Å². The number of amides is 1. The molecule has 172 valence electrons. The van der Waals surface area contributed by atoms with Gasteiger partial charge in [-0.3, -0.25) is 14.4 Å². The first-order chi connectivity index (χ1) is 17.0. The molecule has 0 atom stereocenters. The highest BCUT2D eigenvalue weighted by Crippen LogP contribution is 2.18. The number of rotatable bonds is 9. The Balaban J connectivity index is 1.37. The number of benzene rings is 3. The molecule has 0 spiro atoms. The molecule has 0 bridgehead atoms. The Morgan fingerprint density at radius 1 is 0.743 bits per heavy atom. The largest absolute Gasteiger partial charge is 0.321 e. The van der Waals surface area contributed by atoms with Crippen molar-refractivity contribution in [3.63, 3.8) is 0 Å². The number of nitrogens with zero attached hydrogens (tertiary/aromatic N) is 1. The van der Waals surface area contributed by atoms with Gasteiger partial charge in [0.25, 0.3) is 5.91 Å². The van der Waals surface area contributed by atoms with Crippen LogP contribution >= 0.6 is 0 Å². The summed E-state index contributed by atoms with van der Waals surface area (Å²) in [5, 5.41) is 2.85. The third-order valence-corrected chi connectivity index (χ3v) is 5.51. The summed E-state index contributed by atoms with van der Waals surface area (Å²) in [6.45, 7) is 3.47. The summed E-state index contributed by atoms with van der Waals surface area (Å²) in [7, 11) is 0. The van der Waals surface area contributed by atoms with E-state index in [0.717, 1.165) is 22.4 Å². The molecule has 4 rings (SSSR count). The highest BCUT2D eigenvalue weighted by molar-refractivity contribution is 6.03. The van der Waals surface area contributed by atoms with E-state index in [-0.39, 0.29) is 30.3 Å². The molecule has 0 fully saturated rings. The van der Waals surface area contributed by atoms with Crippen LogP contribution in [-0.2, 0) is 17.6 Å². The molecule has 0 radical (unpaired) electrons. The van der Waals surface area contributed by atoms with Crippen molar-refractivity contribution < 1.29 is 14.4 Å². The van der Waals surface area contributed by atoms with E-state index in [4.69, 9.17) is 0 Å². The maximum atomic E-state index is 12.7. The second-order valence-corrected chi connectivity index (χ2v) is 8.07. The molecule has 0 saturated carbocycles. The minimum atomic E-state index is -0.304. The zero-order chi connectivity index (χ0) is 24.6. The van der Waals surface area contributed by atoms with Crippen LogP contribution in [0.25, 0.3) is 11.3 Å². The number of carbonyl (C=O) groups excluding carboxylic acids is 3. The van der Waals surface area contributed by atoms with Crippen molar-refractivity contribution in [3.8, 4) is 11.3 Å². The Kier molecular flexibility index (Phi) is 7.38. The highest BCUT2D eigenvalue weighted by Gasteiger charge is 2.11. The first-order valence-electron chi connectivity index (χ1n) is 11.2. The Morgan fingerprint density at radius 3 is 2.09 bits per heavy atom. The van der Waals surface area contributed by atoms with Crippen LogP contribution in [0.1, 0.15) is 32.0 Å². The van der Waals surface area contributed by atoms with Crippen LogP contribution in [0.15, 0.2) is 110 Å². The maximum absolute atomic E-state index is 12.7. The molecule has 35 heavy (non-hydrogen) atoms. The summed E-state index contributed by atoms with van der Waals surface area (Å²) in [4.78, 5) is 41.3. The van der Waals surface area contributed by atoms with Crippen LogP contribution in [-0.4, -0.2) is 22.5 Å². The van der Waals surface area contributed by atoms with Gasteiger partial charge in [-0.1, -0.05) is 79.4 Å². The molecule has 1 amide bonds. The fourth-order valence-electron chi connectivity index (χ4n) is 3.60. The number of pyridine rings is 1. The van der Waals surface area contributed by atoms with Crippen molar-refractivity contribution >= 4 is 23.2 Å². The van der Waals surface area contributed by atoms with Crippen LogP contribution in [0.4, 0.5) is 5.69 Å². The summed E-state index contributed by atoms with van der Waals surface area (Å²) in [5.41, 5.74) is 4.88. The molecule has 0 aliphatic rings. The number of Topliss-reactive ketones (excluding diaryl/α,β-unsaturated/α-hetero) is 1. The Labute approximate surface area is 204 Å². The first kappa shape index (κ1) is 23.5. The SMILES string of the molecule is C=CC(=O)Cc1ccc(C(=O)Cc2ccc(NC(=O)c3cccc(-c4ccccc4)n3)cc2)cc1. The van der Waals surface area contributed by atoms with E-state index < -0.39 is 0 Å². The Bertz CT molecular complexity index is 1360. The van der Waals surface area contributed by atoms with E-state index in [0.29, 0.717) is 16.9 Å². The fourth-order valence-corrected chi connectivity index (χ4v) is 3.60. The van der Waals surface area contributed by atoms with Crippen LogP contribution in [0.5, 0.6) is 0 Å². The van der Waals surface area contributed by atoms with Gasteiger partial charge in [0.15, 0.2) is 11.6 Å². The quantitative estimate of drug-likeness (QED) is 0.256. The van der Waals surface area contributed by atoms with Crippen LogP contribution in [0.3, 0.4) is 0 Å². The first-order valence-corrected chi connectivity index (χ1v) is 11.2. The van der Waals surface area contributed by atoms with E-state index in [1.54, 1.807) is 42.5 Å². The minimum absolute atomic E-state index is 0.0229. The third-order valence-electron chi connectivity index (χ3n) is 5.51. The number of anilines is 1. The lowest BCUT2D eigenvalue weighted by Crippen LogP contribution is -2.14. The predicted octanol–water partition coefficient (Wildman–Crippen LogP) is 5.72.